The maximum atomic E-state index is 11.1. The standard InChI is InChI=1S/C15H24N2O3/c1-15(2,14(19)20)10-12(16)9-11-3-5-13(6-4-11)17-7-8-18/h3-6,12,17-18H,7-10,16H2,1-2H3,(H,19,20)/t12-/m1/s1. The fourth-order valence-corrected chi connectivity index (χ4v) is 2.08. The van der Waals surface area contributed by atoms with Crippen LogP contribution in [0, 0.1) is 5.41 Å². The van der Waals surface area contributed by atoms with E-state index in [9.17, 15) is 4.79 Å². The van der Waals surface area contributed by atoms with E-state index in [0.717, 1.165) is 11.3 Å². The molecule has 0 bridgehead atoms. The summed E-state index contributed by atoms with van der Waals surface area (Å²) < 4.78 is 0. The number of anilines is 1. The third kappa shape index (κ3) is 5.19. The molecule has 0 fully saturated rings. The van der Waals surface area contributed by atoms with Crippen molar-refractivity contribution in [1.29, 1.82) is 0 Å². The molecule has 0 aliphatic carbocycles. The fraction of sp³-hybridized carbons (Fsp3) is 0.533. The molecule has 0 radical (unpaired) electrons. The van der Waals surface area contributed by atoms with Gasteiger partial charge in [-0.25, -0.2) is 0 Å². The van der Waals surface area contributed by atoms with Crippen LogP contribution in [0.3, 0.4) is 0 Å². The number of carboxylic acid groups (broad SMARTS) is 1. The minimum absolute atomic E-state index is 0.0941. The lowest BCUT2D eigenvalue weighted by molar-refractivity contribution is -0.147. The van der Waals surface area contributed by atoms with Crippen molar-refractivity contribution < 1.29 is 15.0 Å². The second-order valence-corrected chi connectivity index (χ2v) is 5.70. The van der Waals surface area contributed by atoms with E-state index in [0.29, 0.717) is 19.4 Å². The predicted molar refractivity (Wildman–Crippen MR) is 79.7 cm³/mol. The van der Waals surface area contributed by atoms with Crippen molar-refractivity contribution in [3.05, 3.63) is 29.8 Å². The second-order valence-electron chi connectivity index (χ2n) is 5.70. The van der Waals surface area contributed by atoms with Crippen molar-refractivity contribution in [2.24, 2.45) is 11.1 Å². The highest BCUT2D eigenvalue weighted by Gasteiger charge is 2.29. The van der Waals surface area contributed by atoms with E-state index in [2.05, 4.69) is 5.32 Å². The summed E-state index contributed by atoms with van der Waals surface area (Å²) in [6.07, 6.45) is 1.09. The number of aliphatic hydroxyl groups excluding tert-OH is 1. The van der Waals surface area contributed by atoms with E-state index in [4.69, 9.17) is 15.9 Å². The fourth-order valence-electron chi connectivity index (χ4n) is 2.08. The quantitative estimate of drug-likeness (QED) is 0.578. The lowest BCUT2D eigenvalue weighted by atomic mass is 9.84. The molecule has 5 N–H and O–H groups in total. The minimum Gasteiger partial charge on any atom is -0.481 e. The van der Waals surface area contributed by atoms with Gasteiger partial charge in [-0.1, -0.05) is 12.1 Å². The van der Waals surface area contributed by atoms with Crippen LogP contribution >= 0.6 is 0 Å². The van der Waals surface area contributed by atoms with Crippen LogP contribution in [-0.4, -0.2) is 35.4 Å². The molecule has 5 heteroatoms. The summed E-state index contributed by atoms with van der Waals surface area (Å²) in [7, 11) is 0. The number of hydrogen-bond donors (Lipinski definition) is 4. The van der Waals surface area contributed by atoms with Crippen LogP contribution in [0.4, 0.5) is 5.69 Å². The molecule has 112 valence electrons. The minimum atomic E-state index is -0.823. The first kappa shape index (κ1) is 16.5. The van der Waals surface area contributed by atoms with Gasteiger partial charge in [0.2, 0.25) is 0 Å². The summed E-state index contributed by atoms with van der Waals surface area (Å²) in [6.45, 7) is 4.00. The average Bonchev–Trinajstić information content (AvgIpc) is 2.37. The Morgan fingerprint density at radius 1 is 1.35 bits per heavy atom. The Hall–Kier alpha value is -1.59. The zero-order chi connectivity index (χ0) is 15.2. The molecule has 0 aliphatic heterocycles. The maximum Gasteiger partial charge on any atom is 0.309 e. The first-order chi connectivity index (χ1) is 9.35. The van der Waals surface area contributed by atoms with Gasteiger partial charge < -0.3 is 21.3 Å². The molecule has 0 saturated carbocycles. The van der Waals surface area contributed by atoms with Crippen LogP contribution in [0.5, 0.6) is 0 Å². The first-order valence-electron chi connectivity index (χ1n) is 6.78. The number of carboxylic acids is 1. The van der Waals surface area contributed by atoms with Crippen LogP contribution in [0.25, 0.3) is 0 Å². The van der Waals surface area contributed by atoms with Gasteiger partial charge >= 0.3 is 5.97 Å². The molecule has 5 nitrogen and oxygen atoms in total. The van der Waals surface area contributed by atoms with Gasteiger partial charge in [-0.15, -0.1) is 0 Å². The molecule has 0 aliphatic rings. The van der Waals surface area contributed by atoms with Crippen molar-refractivity contribution in [2.75, 3.05) is 18.5 Å². The molecule has 0 unspecified atom stereocenters. The van der Waals surface area contributed by atoms with E-state index < -0.39 is 11.4 Å². The summed E-state index contributed by atoms with van der Waals surface area (Å²) in [5, 5.41) is 20.9. The Kier molecular flexibility index (Phi) is 5.98. The molecular formula is C15H24N2O3. The van der Waals surface area contributed by atoms with Crippen LogP contribution in [0.2, 0.25) is 0 Å². The van der Waals surface area contributed by atoms with E-state index in [1.165, 1.54) is 0 Å². The molecule has 0 saturated heterocycles. The van der Waals surface area contributed by atoms with Gasteiger partial charge in [0.15, 0.2) is 0 Å². The number of rotatable bonds is 8. The van der Waals surface area contributed by atoms with E-state index in [-0.39, 0.29) is 12.6 Å². The number of aliphatic carboxylic acids is 1. The van der Waals surface area contributed by atoms with Gasteiger partial charge in [-0.05, 0) is 44.4 Å². The van der Waals surface area contributed by atoms with Crippen LogP contribution in [-0.2, 0) is 11.2 Å². The molecule has 1 atom stereocenters. The van der Waals surface area contributed by atoms with Gasteiger partial charge in [-0.3, -0.25) is 4.79 Å². The zero-order valence-corrected chi connectivity index (χ0v) is 12.1. The third-order valence-corrected chi connectivity index (χ3v) is 3.24. The first-order valence-corrected chi connectivity index (χ1v) is 6.78. The maximum absolute atomic E-state index is 11.1. The van der Waals surface area contributed by atoms with Crippen molar-refractivity contribution >= 4 is 11.7 Å². The summed E-state index contributed by atoms with van der Waals surface area (Å²) >= 11 is 0. The Bertz CT molecular complexity index is 429. The van der Waals surface area contributed by atoms with Crippen LogP contribution < -0.4 is 11.1 Å². The molecule has 1 aromatic rings. The predicted octanol–water partition coefficient (Wildman–Crippen LogP) is 1.46. The SMILES string of the molecule is CC(C)(C[C@H](N)Cc1ccc(NCCO)cc1)C(=O)O. The zero-order valence-electron chi connectivity index (χ0n) is 12.1. The number of hydrogen-bond acceptors (Lipinski definition) is 4. The van der Waals surface area contributed by atoms with Gasteiger partial charge in [0.25, 0.3) is 0 Å². The Morgan fingerprint density at radius 3 is 2.45 bits per heavy atom. The molecule has 0 amide bonds. The van der Waals surface area contributed by atoms with Gasteiger partial charge in [0.1, 0.15) is 0 Å². The number of benzene rings is 1. The third-order valence-electron chi connectivity index (χ3n) is 3.24. The smallest absolute Gasteiger partial charge is 0.309 e. The van der Waals surface area contributed by atoms with Crippen LogP contribution in [0.1, 0.15) is 25.8 Å². The highest BCUT2D eigenvalue weighted by molar-refractivity contribution is 5.73. The molecule has 0 aromatic heterocycles. The number of nitrogens with one attached hydrogen (secondary N) is 1. The molecular weight excluding hydrogens is 256 g/mol. The molecule has 0 spiro atoms. The lowest BCUT2D eigenvalue weighted by Crippen LogP contribution is -2.34. The second kappa shape index (κ2) is 7.26. The average molecular weight is 280 g/mol. The van der Waals surface area contributed by atoms with Crippen molar-refractivity contribution in [3.8, 4) is 0 Å². The number of carbonyl (C=O) groups is 1. The Balaban J connectivity index is 2.54. The highest BCUT2D eigenvalue weighted by atomic mass is 16.4. The lowest BCUT2D eigenvalue weighted by Gasteiger charge is -2.23. The Labute approximate surface area is 119 Å². The van der Waals surface area contributed by atoms with Crippen LogP contribution in [0.15, 0.2) is 24.3 Å². The summed E-state index contributed by atoms with van der Waals surface area (Å²) in [4.78, 5) is 11.1. The highest BCUT2D eigenvalue weighted by Crippen LogP contribution is 2.23. The van der Waals surface area contributed by atoms with E-state index in [1.54, 1.807) is 13.8 Å². The van der Waals surface area contributed by atoms with Crippen molar-refractivity contribution in [3.63, 3.8) is 0 Å². The molecule has 20 heavy (non-hydrogen) atoms. The molecule has 1 aromatic carbocycles. The van der Waals surface area contributed by atoms with E-state index in [1.807, 2.05) is 24.3 Å². The topological polar surface area (TPSA) is 95.6 Å². The summed E-state index contributed by atoms with van der Waals surface area (Å²) in [6, 6.07) is 7.61. The molecule has 1 rings (SSSR count). The van der Waals surface area contributed by atoms with Crippen molar-refractivity contribution in [2.45, 2.75) is 32.7 Å². The Morgan fingerprint density at radius 2 is 1.95 bits per heavy atom. The van der Waals surface area contributed by atoms with Gasteiger partial charge in [0.05, 0.1) is 12.0 Å². The number of aliphatic hydroxyl groups is 1. The number of nitrogens with two attached hydrogens (primary N) is 1. The van der Waals surface area contributed by atoms with Gasteiger partial charge in [0, 0.05) is 18.3 Å². The van der Waals surface area contributed by atoms with E-state index >= 15 is 0 Å². The summed E-state index contributed by atoms with van der Waals surface area (Å²) in [5.74, 6) is -0.823. The summed E-state index contributed by atoms with van der Waals surface area (Å²) in [5.41, 5.74) is 7.26. The normalized spacial score (nSPS) is 13.0. The largest absolute Gasteiger partial charge is 0.481 e. The molecule has 0 heterocycles. The van der Waals surface area contributed by atoms with Crippen molar-refractivity contribution in [1.82, 2.24) is 0 Å². The van der Waals surface area contributed by atoms with Gasteiger partial charge in [-0.2, -0.15) is 0 Å². The monoisotopic (exact) mass is 280 g/mol.